The van der Waals surface area contributed by atoms with Crippen LogP contribution in [-0.4, -0.2) is 39.2 Å². The van der Waals surface area contributed by atoms with Crippen molar-refractivity contribution < 1.29 is 28.5 Å². The van der Waals surface area contributed by atoms with Crippen LogP contribution in [0.3, 0.4) is 0 Å². The lowest BCUT2D eigenvalue weighted by molar-refractivity contribution is -0.144. The molecule has 0 radical (unpaired) electrons. The molecule has 0 fully saturated rings. The Morgan fingerprint density at radius 1 is 1.05 bits per heavy atom. The normalized spacial score (nSPS) is 19.9. The number of rotatable bonds is 8. The monoisotopic (exact) mass is 583 g/mol. The summed E-state index contributed by atoms with van der Waals surface area (Å²) in [6.45, 7) is 5.69. The number of nitrogens with one attached hydrogen (secondary N) is 1. The van der Waals surface area contributed by atoms with Gasteiger partial charge in [-0.1, -0.05) is 35.0 Å². The lowest BCUT2D eigenvalue weighted by atomic mass is 9.71. The minimum Gasteiger partial charge on any atom is -0.497 e. The smallest absolute Gasteiger partial charge is 0.337 e. The minimum absolute atomic E-state index is 0.00686. The lowest BCUT2D eigenvalue weighted by Crippen LogP contribution is -2.36. The van der Waals surface area contributed by atoms with E-state index in [-0.39, 0.29) is 17.8 Å². The molecule has 202 valence electrons. The predicted octanol–water partition coefficient (Wildman–Crippen LogP) is 6.18. The molecule has 4 rings (SSSR count). The highest BCUT2D eigenvalue weighted by atomic mass is 79.9. The van der Waals surface area contributed by atoms with Crippen molar-refractivity contribution in [2.45, 2.75) is 58.0 Å². The highest BCUT2D eigenvalue weighted by Crippen LogP contribution is 2.49. The number of esters is 1. The highest BCUT2D eigenvalue weighted by Gasteiger charge is 2.42. The average molecular weight is 585 g/mol. The Hall–Kier alpha value is -3.26. The summed E-state index contributed by atoms with van der Waals surface area (Å²) < 4.78 is 22.8. The number of ketones is 1. The van der Waals surface area contributed by atoms with Crippen LogP contribution in [0.2, 0.25) is 0 Å². The first kappa shape index (κ1) is 27.8. The van der Waals surface area contributed by atoms with Gasteiger partial charge in [0.15, 0.2) is 17.3 Å². The molecule has 1 aliphatic heterocycles. The Morgan fingerprint density at radius 3 is 2.32 bits per heavy atom. The Bertz CT molecular complexity index is 1300. The fraction of sp³-hybridized carbons (Fsp3) is 0.400. The van der Waals surface area contributed by atoms with Gasteiger partial charge < -0.3 is 24.3 Å². The molecule has 1 N–H and O–H groups in total. The van der Waals surface area contributed by atoms with Gasteiger partial charge in [-0.25, -0.2) is 4.79 Å². The number of ether oxygens (including phenoxy) is 4. The van der Waals surface area contributed by atoms with E-state index in [9.17, 15) is 9.59 Å². The number of carbonyl (C=O) groups is 2. The van der Waals surface area contributed by atoms with Gasteiger partial charge in [-0.15, -0.1) is 0 Å². The molecule has 2 aromatic rings. The van der Waals surface area contributed by atoms with E-state index >= 15 is 0 Å². The van der Waals surface area contributed by atoms with Gasteiger partial charge in [-0.05, 0) is 68.0 Å². The fourth-order valence-corrected chi connectivity index (χ4v) is 5.70. The molecule has 0 saturated carbocycles. The van der Waals surface area contributed by atoms with E-state index in [4.69, 9.17) is 18.9 Å². The van der Waals surface area contributed by atoms with Crippen LogP contribution < -0.4 is 19.5 Å². The summed E-state index contributed by atoms with van der Waals surface area (Å²) in [6.07, 6.45) is 1.40. The summed E-state index contributed by atoms with van der Waals surface area (Å²) in [5.74, 6) is 0.772. The molecular formula is C30H34BrNO6. The van der Waals surface area contributed by atoms with E-state index < -0.39 is 11.9 Å². The van der Waals surface area contributed by atoms with Crippen LogP contribution in [0.4, 0.5) is 0 Å². The van der Waals surface area contributed by atoms with Gasteiger partial charge in [0.2, 0.25) is 0 Å². The molecule has 0 unspecified atom stereocenters. The Balaban J connectivity index is 1.84. The van der Waals surface area contributed by atoms with Crippen molar-refractivity contribution in [1.82, 2.24) is 5.32 Å². The van der Waals surface area contributed by atoms with Gasteiger partial charge >= 0.3 is 5.97 Å². The van der Waals surface area contributed by atoms with Crippen molar-refractivity contribution in [3.63, 3.8) is 0 Å². The second-order valence-electron chi connectivity index (χ2n) is 9.64. The van der Waals surface area contributed by atoms with Gasteiger partial charge in [0.1, 0.15) is 5.75 Å². The maximum atomic E-state index is 13.9. The number of dihydropyridines is 1. The van der Waals surface area contributed by atoms with Crippen LogP contribution in [0.1, 0.15) is 63.0 Å². The fourth-order valence-electron chi connectivity index (χ4n) is 5.15. The second kappa shape index (κ2) is 11.6. The summed E-state index contributed by atoms with van der Waals surface area (Å²) in [6, 6.07) is 11.5. The van der Waals surface area contributed by atoms with Crippen molar-refractivity contribution in [3.05, 3.63) is 74.5 Å². The largest absolute Gasteiger partial charge is 0.497 e. The van der Waals surface area contributed by atoms with Crippen LogP contribution >= 0.6 is 15.9 Å². The van der Waals surface area contributed by atoms with Crippen LogP contribution in [-0.2, 0) is 14.3 Å². The van der Waals surface area contributed by atoms with Crippen LogP contribution in [0.15, 0.2) is 63.4 Å². The van der Waals surface area contributed by atoms with E-state index in [1.807, 2.05) is 51.1 Å². The molecule has 0 saturated heterocycles. The molecule has 1 heterocycles. The van der Waals surface area contributed by atoms with Crippen molar-refractivity contribution >= 4 is 27.7 Å². The van der Waals surface area contributed by atoms with Gasteiger partial charge in [0.05, 0.1) is 33.0 Å². The van der Waals surface area contributed by atoms with Gasteiger partial charge in [-0.3, -0.25) is 4.79 Å². The topological polar surface area (TPSA) is 83.1 Å². The summed E-state index contributed by atoms with van der Waals surface area (Å²) >= 11 is 3.67. The third kappa shape index (κ3) is 5.32. The maximum Gasteiger partial charge on any atom is 0.337 e. The van der Waals surface area contributed by atoms with Crippen LogP contribution in [0, 0.1) is 0 Å². The molecule has 0 aromatic heterocycles. The number of methoxy groups -OCH3 is 3. The molecule has 2 aliphatic rings. The first-order valence-corrected chi connectivity index (χ1v) is 13.5. The zero-order chi connectivity index (χ0) is 27.6. The Morgan fingerprint density at radius 2 is 1.71 bits per heavy atom. The molecule has 1 aliphatic carbocycles. The van der Waals surface area contributed by atoms with Gasteiger partial charge in [0, 0.05) is 33.8 Å². The summed E-state index contributed by atoms with van der Waals surface area (Å²) in [7, 11) is 4.76. The lowest BCUT2D eigenvalue weighted by Gasteiger charge is -2.37. The second-order valence-corrected chi connectivity index (χ2v) is 10.5. The molecule has 0 spiro atoms. The highest BCUT2D eigenvalue weighted by molar-refractivity contribution is 9.10. The van der Waals surface area contributed by atoms with Crippen molar-refractivity contribution in [2.24, 2.45) is 0 Å². The summed E-state index contributed by atoms with van der Waals surface area (Å²) in [4.78, 5) is 27.4. The summed E-state index contributed by atoms with van der Waals surface area (Å²) in [5, 5.41) is 3.41. The van der Waals surface area contributed by atoms with E-state index in [0.717, 1.165) is 22.6 Å². The SMILES string of the molecule is CC[C@@H](C)OC(=O)C1=C(C)NC2=C(C(=O)C[C@H](c3ccc(OC)cc3)C2)[C@@H]1c1cc(OC)c(OC)cc1Br. The molecule has 7 nitrogen and oxygen atoms in total. The first-order chi connectivity index (χ1) is 18.2. The van der Waals surface area contributed by atoms with Crippen molar-refractivity contribution in [3.8, 4) is 17.2 Å². The van der Waals surface area contributed by atoms with Crippen molar-refractivity contribution in [2.75, 3.05) is 21.3 Å². The van der Waals surface area contributed by atoms with E-state index in [0.29, 0.717) is 52.1 Å². The van der Waals surface area contributed by atoms with E-state index in [1.165, 1.54) is 0 Å². The molecule has 2 aromatic carbocycles. The standard InChI is InChI=1S/C30H34BrNO6/c1-7-16(2)38-30(34)27-17(3)32-23-12-19(18-8-10-20(35-4)11-9-18)13-24(33)29(23)28(27)21-14-25(36-5)26(37-6)15-22(21)31/h8-11,14-16,19,28,32H,7,12-13H2,1-6H3/t16-,19-,28-/m1/s1. The third-order valence-electron chi connectivity index (χ3n) is 7.33. The van der Waals surface area contributed by atoms with Crippen LogP contribution in [0.25, 0.3) is 0 Å². The minimum atomic E-state index is -0.624. The number of halogens is 1. The van der Waals surface area contributed by atoms with E-state index in [2.05, 4.69) is 21.2 Å². The van der Waals surface area contributed by atoms with Crippen molar-refractivity contribution in [1.29, 1.82) is 0 Å². The summed E-state index contributed by atoms with van der Waals surface area (Å²) in [5.41, 5.74) is 4.32. The Kier molecular flexibility index (Phi) is 8.51. The number of allylic oxidation sites excluding steroid dienone is 3. The zero-order valence-corrected chi connectivity index (χ0v) is 24.2. The number of Topliss-reactive ketones (excluding diaryl/α,β-unsaturated/α-hetero) is 1. The predicted molar refractivity (Wildman–Crippen MR) is 149 cm³/mol. The molecule has 3 atom stereocenters. The molecule has 8 heteroatoms. The van der Waals surface area contributed by atoms with Gasteiger partial charge in [0.25, 0.3) is 0 Å². The van der Waals surface area contributed by atoms with Gasteiger partial charge in [-0.2, -0.15) is 0 Å². The zero-order valence-electron chi connectivity index (χ0n) is 22.6. The van der Waals surface area contributed by atoms with Crippen LogP contribution in [0.5, 0.6) is 17.2 Å². The first-order valence-electron chi connectivity index (χ1n) is 12.7. The number of benzene rings is 2. The molecule has 38 heavy (non-hydrogen) atoms. The quantitative estimate of drug-likeness (QED) is 0.371. The number of hydrogen-bond donors (Lipinski definition) is 1. The third-order valence-corrected chi connectivity index (χ3v) is 8.02. The number of hydrogen-bond acceptors (Lipinski definition) is 7. The molecule has 0 bridgehead atoms. The van der Waals surface area contributed by atoms with E-state index in [1.54, 1.807) is 27.4 Å². The Labute approximate surface area is 232 Å². The maximum absolute atomic E-state index is 13.9. The molecule has 0 amide bonds. The molecular weight excluding hydrogens is 550 g/mol. The number of carbonyl (C=O) groups excluding carboxylic acids is 2. The average Bonchev–Trinajstić information content (AvgIpc) is 2.91.